The van der Waals surface area contributed by atoms with Gasteiger partial charge in [0, 0.05) is 44.6 Å². The molecular formula is C29H51N3O7S. The number of amides is 4. The van der Waals surface area contributed by atoms with E-state index in [0.717, 1.165) is 44.9 Å². The van der Waals surface area contributed by atoms with Gasteiger partial charge >= 0.3 is 0 Å². The molecule has 0 radical (unpaired) electrons. The van der Waals surface area contributed by atoms with E-state index in [1.165, 1.54) is 55.6 Å². The van der Waals surface area contributed by atoms with Gasteiger partial charge in [-0.05, 0) is 32.1 Å². The van der Waals surface area contributed by atoms with Crippen molar-refractivity contribution >= 4 is 33.7 Å². The first kappa shape index (κ1) is 35.8. The Balaban J connectivity index is 1.79. The smallest absolute Gasteiger partial charge is 0.264 e. The first-order valence-electron chi connectivity index (χ1n) is 15.2. The predicted molar refractivity (Wildman–Crippen MR) is 156 cm³/mol. The highest BCUT2D eigenvalue weighted by molar-refractivity contribution is 7.85. The Morgan fingerprint density at radius 3 is 1.40 bits per heavy atom. The lowest BCUT2D eigenvalue weighted by Gasteiger charge is -2.13. The normalized spacial score (nSPS) is 13.3. The highest BCUT2D eigenvalue weighted by Gasteiger charge is 2.22. The number of carbonyl (C=O) groups excluding carboxylic acids is 4. The number of nitrogens with zero attached hydrogens (tertiary/aromatic N) is 1. The molecule has 11 heteroatoms. The summed E-state index contributed by atoms with van der Waals surface area (Å²) in [5.74, 6) is -0.622. The molecule has 3 N–H and O–H groups in total. The van der Waals surface area contributed by atoms with Crippen molar-refractivity contribution < 1.29 is 32.1 Å². The third-order valence-electron chi connectivity index (χ3n) is 6.99. The van der Waals surface area contributed by atoms with E-state index in [1.807, 2.05) is 0 Å². The molecule has 0 aromatic heterocycles. The molecule has 230 valence electrons. The van der Waals surface area contributed by atoms with Crippen molar-refractivity contribution in [2.45, 2.75) is 122 Å². The lowest BCUT2D eigenvalue weighted by molar-refractivity contribution is -0.137. The second kappa shape index (κ2) is 22.4. The van der Waals surface area contributed by atoms with Gasteiger partial charge in [-0.3, -0.25) is 28.6 Å². The molecule has 1 heterocycles. The maximum atomic E-state index is 12.0. The Hall–Kier alpha value is -2.27. The van der Waals surface area contributed by atoms with Gasteiger partial charge in [0.1, 0.15) is 0 Å². The van der Waals surface area contributed by atoms with Crippen molar-refractivity contribution in [1.82, 2.24) is 15.5 Å². The van der Waals surface area contributed by atoms with Crippen molar-refractivity contribution in [2.24, 2.45) is 0 Å². The molecule has 0 aromatic rings. The van der Waals surface area contributed by atoms with E-state index in [9.17, 15) is 27.6 Å². The van der Waals surface area contributed by atoms with E-state index >= 15 is 0 Å². The molecule has 1 rings (SSSR count). The molecule has 1 aliphatic heterocycles. The fourth-order valence-electron chi connectivity index (χ4n) is 4.62. The lowest BCUT2D eigenvalue weighted by Crippen LogP contribution is -2.31. The minimum atomic E-state index is -3.80. The molecule has 0 aromatic carbocycles. The van der Waals surface area contributed by atoms with E-state index in [0.29, 0.717) is 58.2 Å². The van der Waals surface area contributed by atoms with Gasteiger partial charge in [0.15, 0.2) is 0 Å². The molecule has 0 spiro atoms. The highest BCUT2D eigenvalue weighted by atomic mass is 32.2. The van der Waals surface area contributed by atoms with Crippen molar-refractivity contribution in [3.8, 4) is 0 Å². The first-order chi connectivity index (χ1) is 19.2. The van der Waals surface area contributed by atoms with Gasteiger partial charge in [-0.15, -0.1) is 0 Å². The van der Waals surface area contributed by atoms with Gasteiger partial charge in [-0.2, -0.15) is 8.42 Å². The van der Waals surface area contributed by atoms with Crippen LogP contribution in [0.5, 0.6) is 0 Å². The fourth-order valence-corrected chi connectivity index (χ4v) is 5.19. The van der Waals surface area contributed by atoms with Crippen LogP contribution >= 0.6 is 0 Å². The molecule has 0 fully saturated rings. The van der Waals surface area contributed by atoms with Crippen LogP contribution in [0.25, 0.3) is 0 Å². The molecule has 0 atom stereocenters. The van der Waals surface area contributed by atoms with Crippen LogP contribution in [-0.2, 0) is 29.3 Å². The summed E-state index contributed by atoms with van der Waals surface area (Å²) < 4.78 is 30.0. The van der Waals surface area contributed by atoms with Crippen LogP contribution in [0.2, 0.25) is 0 Å². The molecule has 10 nitrogen and oxygen atoms in total. The van der Waals surface area contributed by atoms with Crippen LogP contribution in [0, 0.1) is 0 Å². The number of hydrogen-bond donors (Lipinski definition) is 3. The molecular weight excluding hydrogens is 534 g/mol. The molecule has 0 bridgehead atoms. The maximum Gasteiger partial charge on any atom is 0.264 e. The zero-order valence-electron chi connectivity index (χ0n) is 24.2. The number of hydrogen-bond acceptors (Lipinski definition) is 6. The first-order valence-corrected chi connectivity index (χ1v) is 16.8. The topological polar surface area (TPSA) is 150 Å². The van der Waals surface area contributed by atoms with Crippen LogP contribution in [0.4, 0.5) is 0 Å². The van der Waals surface area contributed by atoms with Gasteiger partial charge in [0.25, 0.3) is 21.9 Å². The molecule has 4 amide bonds. The van der Waals surface area contributed by atoms with Crippen LogP contribution in [0.3, 0.4) is 0 Å². The van der Waals surface area contributed by atoms with Gasteiger partial charge in [-0.1, -0.05) is 77.0 Å². The van der Waals surface area contributed by atoms with Crippen LogP contribution in [0.15, 0.2) is 12.2 Å². The predicted octanol–water partition coefficient (Wildman–Crippen LogP) is 4.44. The molecule has 1 aliphatic rings. The summed E-state index contributed by atoms with van der Waals surface area (Å²) in [5, 5.41) is 5.77. The van der Waals surface area contributed by atoms with E-state index in [4.69, 9.17) is 4.55 Å². The third kappa shape index (κ3) is 20.6. The Kier molecular flexibility index (Phi) is 20.0. The average molecular weight is 586 g/mol. The lowest BCUT2D eigenvalue weighted by atomic mass is 10.0. The molecule has 0 saturated carbocycles. The molecule has 0 saturated heterocycles. The van der Waals surface area contributed by atoms with E-state index in [2.05, 4.69) is 10.6 Å². The Morgan fingerprint density at radius 1 is 0.600 bits per heavy atom. The number of nitrogens with one attached hydrogen (secondary N) is 2. The summed E-state index contributed by atoms with van der Waals surface area (Å²) in [7, 11) is -3.80. The van der Waals surface area contributed by atoms with Crippen molar-refractivity contribution in [1.29, 1.82) is 0 Å². The quantitative estimate of drug-likeness (QED) is 0.0771. The minimum absolute atomic E-state index is 0.0205. The van der Waals surface area contributed by atoms with E-state index in [-0.39, 0.29) is 29.4 Å². The van der Waals surface area contributed by atoms with Crippen LogP contribution < -0.4 is 10.6 Å². The summed E-state index contributed by atoms with van der Waals surface area (Å²) in [6.45, 7) is 1.47. The highest BCUT2D eigenvalue weighted by Crippen LogP contribution is 2.13. The number of rotatable bonds is 26. The Labute approximate surface area is 240 Å². The van der Waals surface area contributed by atoms with Crippen molar-refractivity contribution in [3.05, 3.63) is 12.2 Å². The number of imide groups is 1. The summed E-state index contributed by atoms with van der Waals surface area (Å²) in [4.78, 5) is 48.0. The molecule has 0 aliphatic carbocycles. The van der Waals surface area contributed by atoms with Crippen LogP contribution in [-0.4, -0.2) is 66.9 Å². The third-order valence-corrected chi connectivity index (χ3v) is 7.79. The zero-order chi connectivity index (χ0) is 29.5. The monoisotopic (exact) mass is 585 g/mol. The number of carbonyl (C=O) groups is 4. The van der Waals surface area contributed by atoms with Gasteiger partial charge in [0.2, 0.25) is 11.8 Å². The molecule has 0 unspecified atom stereocenters. The van der Waals surface area contributed by atoms with E-state index < -0.39 is 10.1 Å². The van der Waals surface area contributed by atoms with E-state index in [1.54, 1.807) is 0 Å². The maximum absolute atomic E-state index is 12.0. The summed E-state index contributed by atoms with van der Waals surface area (Å²) in [6, 6.07) is 0. The van der Waals surface area contributed by atoms with Crippen LogP contribution in [0.1, 0.15) is 122 Å². The number of unbranched alkanes of at least 4 members (excludes halogenated alkanes) is 14. The summed E-state index contributed by atoms with van der Waals surface area (Å²) in [6.07, 6.45) is 20.3. The Morgan fingerprint density at radius 2 is 0.975 bits per heavy atom. The SMILES string of the molecule is O=C(CCCCCCCCCCCCCCCS(=O)(=O)O)NCCCNC(=O)CCCCCN1C(=O)C=CC1=O. The van der Waals surface area contributed by atoms with Gasteiger partial charge < -0.3 is 10.6 Å². The Bertz CT molecular complexity index is 872. The van der Waals surface area contributed by atoms with Crippen molar-refractivity contribution in [3.63, 3.8) is 0 Å². The van der Waals surface area contributed by atoms with Crippen molar-refractivity contribution in [2.75, 3.05) is 25.4 Å². The fraction of sp³-hybridized carbons (Fsp3) is 0.793. The minimum Gasteiger partial charge on any atom is -0.356 e. The molecule has 40 heavy (non-hydrogen) atoms. The second-order valence-corrected chi connectivity index (χ2v) is 12.2. The van der Waals surface area contributed by atoms with Gasteiger partial charge in [0.05, 0.1) is 5.75 Å². The summed E-state index contributed by atoms with van der Waals surface area (Å²) in [5.41, 5.74) is 0. The average Bonchev–Trinajstić information content (AvgIpc) is 3.22. The van der Waals surface area contributed by atoms with Gasteiger partial charge in [-0.25, -0.2) is 0 Å². The standard InChI is InChI=1S/C29H51N3O7S/c33-26(18-13-10-8-6-4-2-1-3-5-7-9-11-16-25-40(37,38)39)30-22-17-23-31-27(34)19-14-12-15-24-32-28(35)20-21-29(32)36/h20-21H,1-19,22-25H2,(H,30,33)(H,31,34)(H,37,38,39). The largest absolute Gasteiger partial charge is 0.356 e. The summed E-state index contributed by atoms with van der Waals surface area (Å²) >= 11 is 0. The zero-order valence-corrected chi connectivity index (χ0v) is 25.0. The second-order valence-electron chi connectivity index (χ2n) is 10.7.